The van der Waals surface area contributed by atoms with Crippen LogP contribution < -0.4 is 22.1 Å². The number of nitrogens with two attached hydrogens (primary N) is 2. The monoisotopic (exact) mass is 1810 g/mol. The van der Waals surface area contributed by atoms with Crippen LogP contribution >= 0.6 is 55.4 Å². The van der Waals surface area contributed by atoms with Crippen LogP contribution in [0.15, 0.2) is 239 Å². The lowest BCUT2D eigenvalue weighted by atomic mass is 9.98. The Balaban J connectivity index is 0.000000261. The maximum atomic E-state index is 12.9. The molecular formula is C84H81Br2N9O23S2. The van der Waals surface area contributed by atoms with Crippen LogP contribution in [0.3, 0.4) is 0 Å². The van der Waals surface area contributed by atoms with E-state index in [1.165, 1.54) is 89.1 Å². The second-order valence-electron chi connectivity index (χ2n) is 25.0. The smallest absolute Gasteiger partial charge is 0.339 e. The number of nitrogen functional groups attached to an aromatic ring is 1. The van der Waals surface area contributed by atoms with Crippen molar-refractivity contribution >= 4 is 137 Å². The Morgan fingerprint density at radius 2 is 0.658 bits per heavy atom. The first-order valence-electron chi connectivity index (χ1n) is 35.5. The first-order chi connectivity index (χ1) is 57.3. The molecule has 3 amide bonds. The van der Waals surface area contributed by atoms with Gasteiger partial charge in [0.1, 0.15) is 12.1 Å². The number of methoxy groups -OCH3 is 4. The Labute approximate surface area is 712 Å². The summed E-state index contributed by atoms with van der Waals surface area (Å²) in [6.45, 7) is 0. The van der Waals surface area contributed by atoms with Gasteiger partial charge in [0, 0.05) is 92.0 Å². The number of aromatic carboxylic acids is 1. The molecule has 626 valence electrons. The zero-order valence-electron chi connectivity index (χ0n) is 65.1. The minimum absolute atomic E-state index is 0.116. The Hall–Kier alpha value is -13.6. The van der Waals surface area contributed by atoms with Crippen LogP contribution in [0.2, 0.25) is 0 Å². The van der Waals surface area contributed by atoms with Crippen molar-refractivity contribution in [1.29, 1.82) is 0 Å². The average Bonchev–Trinajstić information content (AvgIpc) is 0.828. The second-order valence-corrected chi connectivity index (χ2v) is 28.7. The van der Waals surface area contributed by atoms with E-state index in [4.69, 9.17) is 26.0 Å². The van der Waals surface area contributed by atoms with Crippen LogP contribution in [0.1, 0.15) is 119 Å². The van der Waals surface area contributed by atoms with E-state index in [0.29, 0.717) is 81.2 Å². The quantitative estimate of drug-likeness (QED) is 0.00955. The number of carbonyl (C=O) groups is 8. The molecule has 0 aliphatic heterocycles. The number of rotatable bonds is 29. The summed E-state index contributed by atoms with van der Waals surface area (Å²) < 4.78 is 19.5. The number of hydrogen-bond donors (Lipinski definition) is 5. The molecule has 0 radical (unpaired) electrons. The number of hydrogen-bond acceptors (Lipinski definition) is 25. The molecule has 0 aliphatic rings. The molecule has 0 aliphatic carbocycles. The molecule has 0 spiro atoms. The molecule has 0 saturated carbocycles. The first kappa shape index (κ1) is 97.0. The van der Waals surface area contributed by atoms with Crippen LogP contribution in [0.5, 0.6) is 0 Å². The average molecular weight is 1810 g/mol. The molecule has 0 fully saturated rings. The molecule has 32 nitrogen and oxygen atoms in total. The number of thioether (sulfide) groups is 2. The SMILES string of the molecule is COC(=O)[C@H](CCSC)NC(=O)c1cc(N)ccc1Cc1ccccc1.COC(=O)[C@H](CCSC)NC(=O)c1cc([N+](=O)[O-])ccc1Cc1ccccc1.COC(=O)c1cc([N+](=O)[O-])ccc1Br.COC(=O)c1cc([N+](=O)[O-])ccc1Cc1ccccc1.NC(=O)c1cc([N+](=O)[O-])ccc1Cc1ccccc1.O=C(O)c1cc([N+](=O)[O-])ccc1Br. The molecule has 0 aromatic heterocycles. The number of carboxylic acids is 1. The van der Waals surface area contributed by atoms with Crippen molar-refractivity contribution in [2.45, 2.75) is 50.6 Å². The topological polar surface area (TPSA) is 486 Å². The van der Waals surface area contributed by atoms with Crippen molar-refractivity contribution in [3.05, 3.63) is 368 Å². The summed E-state index contributed by atoms with van der Waals surface area (Å²) in [5.74, 6) is -3.48. The molecule has 10 aromatic rings. The number of nitrogens with zero attached hydrogens (tertiary/aromatic N) is 5. The van der Waals surface area contributed by atoms with Gasteiger partial charge >= 0.3 is 29.8 Å². The number of ether oxygens (including phenoxy) is 4. The number of amides is 3. The zero-order chi connectivity index (χ0) is 88.5. The third kappa shape index (κ3) is 31.5. The number of primary amides is 1. The van der Waals surface area contributed by atoms with Crippen molar-refractivity contribution in [1.82, 2.24) is 10.6 Å². The lowest BCUT2D eigenvalue weighted by molar-refractivity contribution is -0.385. The molecule has 36 heteroatoms. The standard InChI is InChI=1S/C20H22N2O5S.C20H24N2O3S.C15H13NO4.C14H12N2O3.C8H6BrNO4.C7H4BrNO4/c1-27-20(24)18(10-11-28-2)21-19(23)17-13-16(22(25)26)9-8-15(17)12-14-6-4-3-5-7-14;1-25-20(24)18(10-11-26-2)22-19(23)17-13-16(21)9-8-15(17)12-14-6-4-3-5-7-14;1-20-15(17)14-10-13(16(18)19)8-7-12(14)9-11-5-3-2-4-6-11;15-14(17)13-9-12(16(18)19)7-6-11(13)8-10-4-2-1-3-5-10;1-14-8(11)6-4-5(10(12)13)2-3-7(6)9;8-6-2-1-4(9(12)13)3-5(6)7(10)11/h3-9,13,18H,10-12H2,1-2H3,(H,21,23);3-9,13,18H,10-12,21H2,1-2H3,(H,22,23);2-8,10H,9H2,1H3;1-7,9H,8H2,(H2,15,17);2-4H,1H3;1-3H,(H,10,11)/t2*18-;;;;/m00..../s1. The molecule has 0 bridgehead atoms. The Morgan fingerprint density at radius 1 is 0.383 bits per heavy atom. The van der Waals surface area contributed by atoms with Gasteiger partial charge in [0.15, 0.2) is 0 Å². The summed E-state index contributed by atoms with van der Waals surface area (Å²) in [5.41, 5.74) is 18.9. The van der Waals surface area contributed by atoms with Crippen LogP contribution in [0.25, 0.3) is 0 Å². The number of non-ortho nitro benzene ring substituents is 5. The van der Waals surface area contributed by atoms with Gasteiger partial charge < -0.3 is 46.2 Å². The number of anilines is 1. The fourth-order valence-electron chi connectivity index (χ4n) is 10.9. The highest BCUT2D eigenvalue weighted by atomic mass is 79.9. The lowest BCUT2D eigenvalue weighted by Gasteiger charge is -2.18. The third-order valence-electron chi connectivity index (χ3n) is 16.9. The van der Waals surface area contributed by atoms with Gasteiger partial charge in [-0.1, -0.05) is 146 Å². The lowest BCUT2D eigenvalue weighted by Crippen LogP contribution is -2.42. The van der Waals surface area contributed by atoms with Crippen LogP contribution in [-0.4, -0.2) is 142 Å². The maximum Gasteiger partial charge on any atom is 0.339 e. The summed E-state index contributed by atoms with van der Waals surface area (Å²) in [6, 6.07) is 62.4. The number of halogens is 2. The van der Waals surface area contributed by atoms with E-state index in [2.05, 4.69) is 52.0 Å². The van der Waals surface area contributed by atoms with Gasteiger partial charge in [-0.15, -0.1) is 0 Å². The van der Waals surface area contributed by atoms with E-state index in [-0.39, 0.29) is 62.2 Å². The number of esters is 4. The number of nitro groups is 5. The fourth-order valence-corrected chi connectivity index (χ4v) is 12.6. The summed E-state index contributed by atoms with van der Waals surface area (Å²) >= 11 is 9.23. The minimum atomic E-state index is -1.20. The highest BCUT2D eigenvalue weighted by Crippen LogP contribution is 2.28. The van der Waals surface area contributed by atoms with Crippen molar-refractivity contribution in [2.75, 3.05) is 58.2 Å². The third-order valence-corrected chi connectivity index (χ3v) is 19.6. The van der Waals surface area contributed by atoms with E-state index in [1.54, 1.807) is 53.9 Å². The molecule has 120 heavy (non-hydrogen) atoms. The van der Waals surface area contributed by atoms with Gasteiger partial charge in [-0.05, 0) is 163 Å². The fraction of sp³-hybridized carbons (Fsp3) is 0.190. The molecule has 10 rings (SSSR count). The Morgan fingerprint density at radius 3 is 0.975 bits per heavy atom. The van der Waals surface area contributed by atoms with Crippen LogP contribution in [0, 0.1) is 50.6 Å². The highest BCUT2D eigenvalue weighted by Gasteiger charge is 2.27. The van der Waals surface area contributed by atoms with E-state index in [9.17, 15) is 88.9 Å². The van der Waals surface area contributed by atoms with E-state index >= 15 is 0 Å². The van der Waals surface area contributed by atoms with E-state index in [1.807, 2.05) is 140 Å². The van der Waals surface area contributed by atoms with Gasteiger partial charge in [-0.2, -0.15) is 23.5 Å². The predicted octanol–water partition coefficient (Wildman–Crippen LogP) is 15.6. The second kappa shape index (κ2) is 50.1. The molecule has 2 atom stereocenters. The van der Waals surface area contributed by atoms with Gasteiger partial charge in [0.05, 0.1) is 69.7 Å². The first-order valence-corrected chi connectivity index (χ1v) is 39.8. The molecule has 0 saturated heterocycles. The number of carbonyl (C=O) groups excluding carboxylic acids is 7. The van der Waals surface area contributed by atoms with E-state index < -0.39 is 78.4 Å². The summed E-state index contributed by atoms with van der Waals surface area (Å²) in [4.78, 5) is 145. The summed E-state index contributed by atoms with van der Waals surface area (Å²) in [7, 11) is 5.05. The van der Waals surface area contributed by atoms with Gasteiger partial charge in [-0.25, -0.2) is 24.0 Å². The normalized spacial score (nSPS) is 10.6. The largest absolute Gasteiger partial charge is 0.478 e. The summed E-state index contributed by atoms with van der Waals surface area (Å²) in [5, 5.41) is 67.4. The number of carboxylic acid groups (broad SMARTS) is 1. The van der Waals surface area contributed by atoms with Crippen molar-refractivity contribution in [2.24, 2.45) is 5.73 Å². The highest BCUT2D eigenvalue weighted by molar-refractivity contribution is 9.10. The Bertz CT molecular complexity index is 5280. The zero-order valence-corrected chi connectivity index (χ0v) is 69.9. The molecule has 0 unspecified atom stereocenters. The Kier molecular flexibility index (Phi) is 40.5. The van der Waals surface area contributed by atoms with Gasteiger partial charge in [0.2, 0.25) is 5.91 Å². The summed E-state index contributed by atoms with van der Waals surface area (Å²) in [6.07, 6.45) is 6.84. The molecule has 7 N–H and O–H groups in total. The predicted molar refractivity (Wildman–Crippen MR) is 459 cm³/mol. The molecular weight excluding hydrogens is 1730 g/mol. The van der Waals surface area contributed by atoms with Crippen molar-refractivity contribution in [3.8, 4) is 0 Å². The van der Waals surface area contributed by atoms with Gasteiger partial charge in [-0.3, -0.25) is 65.0 Å². The minimum Gasteiger partial charge on any atom is -0.478 e. The molecule has 10 aromatic carbocycles. The van der Waals surface area contributed by atoms with Crippen LogP contribution in [0.4, 0.5) is 34.1 Å². The van der Waals surface area contributed by atoms with Crippen molar-refractivity contribution < 1.29 is 87.0 Å². The van der Waals surface area contributed by atoms with E-state index in [0.717, 1.165) is 45.7 Å². The van der Waals surface area contributed by atoms with Crippen LogP contribution in [-0.2, 0) is 54.2 Å². The number of nitro benzene ring substituents is 5. The number of benzene rings is 10. The van der Waals surface area contributed by atoms with Gasteiger partial charge in [0.25, 0.3) is 40.3 Å². The maximum absolute atomic E-state index is 12.9. The van der Waals surface area contributed by atoms with Crippen molar-refractivity contribution in [3.63, 3.8) is 0 Å². The molecule has 0 heterocycles. The number of nitrogens with one attached hydrogen (secondary N) is 2.